The molecule has 0 aliphatic heterocycles. The minimum absolute atomic E-state index is 0.0703. The predicted molar refractivity (Wildman–Crippen MR) is 95.8 cm³/mol. The van der Waals surface area contributed by atoms with E-state index in [0.717, 1.165) is 26.4 Å². The van der Waals surface area contributed by atoms with Crippen molar-refractivity contribution in [1.82, 2.24) is 5.32 Å². The van der Waals surface area contributed by atoms with Crippen molar-refractivity contribution in [3.05, 3.63) is 60.6 Å². The van der Waals surface area contributed by atoms with E-state index in [0.29, 0.717) is 0 Å². The Labute approximate surface area is 146 Å². The van der Waals surface area contributed by atoms with Gasteiger partial charge in [-0.1, -0.05) is 33.6 Å². The quantitative estimate of drug-likeness (QED) is 0.639. The Morgan fingerprint density at radius 1 is 1.20 bits per heavy atom. The van der Waals surface area contributed by atoms with Crippen LogP contribution in [-0.2, 0) is 0 Å². The fourth-order valence-corrected chi connectivity index (χ4v) is 3.50. The lowest BCUT2D eigenvalue weighted by Crippen LogP contribution is -2.19. The smallest absolute Gasteiger partial charge is 0.120 e. The number of hydrogen-bond donors (Lipinski definition) is 1. The predicted octanol–water partition coefficient (Wildman–Crippen LogP) is 5.02. The lowest BCUT2D eigenvalue weighted by Gasteiger charge is -2.21. The Morgan fingerprint density at radius 2 is 1.95 bits per heavy atom. The number of benzene rings is 2. The van der Waals surface area contributed by atoms with Crippen molar-refractivity contribution in [3.63, 3.8) is 0 Å². The molecule has 0 aromatic heterocycles. The molecule has 0 fully saturated rings. The Kier molecular flexibility index (Phi) is 5.72. The second-order valence-corrected chi connectivity index (χ2v) is 6.73. The average molecular weight is 467 g/mol. The van der Waals surface area contributed by atoms with Crippen molar-refractivity contribution in [3.8, 4) is 5.75 Å². The topological polar surface area (TPSA) is 21.3 Å². The lowest BCUT2D eigenvalue weighted by molar-refractivity contribution is 0.414. The number of halogens is 3. The molecule has 1 atom stereocenters. The van der Waals surface area contributed by atoms with E-state index in [2.05, 4.69) is 49.9 Å². The first-order chi connectivity index (χ1) is 9.56. The van der Waals surface area contributed by atoms with E-state index in [1.54, 1.807) is 7.11 Å². The second kappa shape index (κ2) is 7.11. The number of methoxy groups -OCH3 is 1. The fourth-order valence-electron chi connectivity index (χ4n) is 2.08. The summed E-state index contributed by atoms with van der Waals surface area (Å²) in [6.45, 7) is 0. The Balaban J connectivity index is 2.49. The number of hydrogen-bond acceptors (Lipinski definition) is 2. The molecule has 0 saturated heterocycles. The Hall–Kier alpha value is -0.300. The summed E-state index contributed by atoms with van der Waals surface area (Å²) in [5.41, 5.74) is 2.31. The number of ether oxygens (including phenoxy) is 1. The SMILES string of the molecule is CNC(c1ccc(OC)cc1Br)c1cc(Cl)ccc1I. The molecule has 1 unspecified atom stereocenters. The van der Waals surface area contributed by atoms with Gasteiger partial charge in [0.15, 0.2) is 0 Å². The van der Waals surface area contributed by atoms with Gasteiger partial charge in [0.25, 0.3) is 0 Å². The summed E-state index contributed by atoms with van der Waals surface area (Å²) < 4.78 is 7.42. The Morgan fingerprint density at radius 3 is 2.55 bits per heavy atom. The van der Waals surface area contributed by atoms with Crippen LogP contribution in [-0.4, -0.2) is 14.2 Å². The summed E-state index contributed by atoms with van der Waals surface area (Å²) in [6.07, 6.45) is 0. The van der Waals surface area contributed by atoms with Gasteiger partial charge in [0.1, 0.15) is 5.75 Å². The first-order valence-electron chi connectivity index (χ1n) is 6.02. The molecule has 5 heteroatoms. The van der Waals surface area contributed by atoms with Gasteiger partial charge >= 0.3 is 0 Å². The highest BCUT2D eigenvalue weighted by molar-refractivity contribution is 14.1. The van der Waals surface area contributed by atoms with Crippen LogP contribution in [0.4, 0.5) is 0 Å². The van der Waals surface area contributed by atoms with Gasteiger partial charge in [0.2, 0.25) is 0 Å². The van der Waals surface area contributed by atoms with Crippen molar-refractivity contribution < 1.29 is 4.74 Å². The van der Waals surface area contributed by atoms with Crippen LogP contribution < -0.4 is 10.1 Å². The lowest BCUT2D eigenvalue weighted by atomic mass is 9.99. The molecule has 0 saturated carbocycles. The van der Waals surface area contributed by atoms with Crippen molar-refractivity contribution in [2.75, 3.05) is 14.2 Å². The zero-order valence-corrected chi connectivity index (χ0v) is 15.6. The molecule has 0 heterocycles. The molecule has 0 spiro atoms. The van der Waals surface area contributed by atoms with E-state index in [-0.39, 0.29) is 6.04 Å². The van der Waals surface area contributed by atoms with Crippen LogP contribution >= 0.6 is 50.1 Å². The van der Waals surface area contributed by atoms with Crippen molar-refractivity contribution >= 4 is 50.1 Å². The molecule has 2 aromatic carbocycles. The van der Waals surface area contributed by atoms with Gasteiger partial charge in [-0.25, -0.2) is 0 Å². The van der Waals surface area contributed by atoms with Gasteiger partial charge < -0.3 is 10.1 Å². The van der Waals surface area contributed by atoms with E-state index in [1.807, 2.05) is 37.4 Å². The first-order valence-corrected chi connectivity index (χ1v) is 8.27. The van der Waals surface area contributed by atoms with Gasteiger partial charge in [-0.05, 0) is 71.1 Å². The zero-order chi connectivity index (χ0) is 14.7. The molecule has 1 N–H and O–H groups in total. The van der Waals surface area contributed by atoms with Crippen molar-refractivity contribution in [1.29, 1.82) is 0 Å². The fraction of sp³-hybridized carbons (Fsp3) is 0.200. The second-order valence-electron chi connectivity index (χ2n) is 4.27. The molecule has 2 nitrogen and oxygen atoms in total. The van der Waals surface area contributed by atoms with Crippen LogP contribution in [0.2, 0.25) is 5.02 Å². The molecule has 0 aliphatic carbocycles. The van der Waals surface area contributed by atoms with Gasteiger partial charge in [0, 0.05) is 13.1 Å². The molecule has 2 rings (SSSR count). The van der Waals surface area contributed by atoms with E-state index < -0.39 is 0 Å². The van der Waals surface area contributed by atoms with Gasteiger partial charge in [0.05, 0.1) is 13.2 Å². The molecule has 0 aliphatic rings. The summed E-state index contributed by atoms with van der Waals surface area (Å²) >= 11 is 12.1. The number of rotatable bonds is 4. The number of nitrogens with one attached hydrogen (secondary N) is 1. The van der Waals surface area contributed by atoms with Crippen molar-refractivity contribution in [2.45, 2.75) is 6.04 Å². The highest BCUT2D eigenvalue weighted by atomic mass is 127. The highest BCUT2D eigenvalue weighted by Crippen LogP contribution is 2.34. The average Bonchev–Trinajstić information content (AvgIpc) is 2.44. The first kappa shape index (κ1) is 16.1. The van der Waals surface area contributed by atoms with E-state index in [9.17, 15) is 0 Å². The molecule has 0 amide bonds. The minimum Gasteiger partial charge on any atom is -0.497 e. The van der Waals surface area contributed by atoms with E-state index in [1.165, 1.54) is 3.57 Å². The molecule has 0 bridgehead atoms. The molecular weight excluding hydrogens is 452 g/mol. The summed E-state index contributed by atoms with van der Waals surface area (Å²) in [6, 6.07) is 12.0. The van der Waals surface area contributed by atoms with E-state index >= 15 is 0 Å². The molecule has 2 aromatic rings. The highest BCUT2D eigenvalue weighted by Gasteiger charge is 2.18. The van der Waals surface area contributed by atoms with Crippen LogP contribution in [0.1, 0.15) is 17.2 Å². The van der Waals surface area contributed by atoms with Crippen LogP contribution in [0.25, 0.3) is 0 Å². The maximum absolute atomic E-state index is 6.13. The summed E-state index contributed by atoms with van der Waals surface area (Å²) in [7, 11) is 3.61. The third-order valence-electron chi connectivity index (χ3n) is 3.08. The van der Waals surface area contributed by atoms with Crippen LogP contribution in [0, 0.1) is 3.57 Å². The van der Waals surface area contributed by atoms with Gasteiger partial charge in [-0.2, -0.15) is 0 Å². The summed E-state index contributed by atoms with van der Waals surface area (Å²) in [5.74, 6) is 0.830. The zero-order valence-electron chi connectivity index (χ0n) is 11.1. The standard InChI is InChI=1S/C15H14BrClINO/c1-19-15(12-7-9(17)3-6-14(12)18)11-5-4-10(20-2)8-13(11)16/h3-8,15,19H,1-2H3. The van der Waals surface area contributed by atoms with Crippen LogP contribution in [0.15, 0.2) is 40.9 Å². The van der Waals surface area contributed by atoms with Crippen molar-refractivity contribution in [2.24, 2.45) is 0 Å². The maximum atomic E-state index is 6.13. The third-order valence-corrected chi connectivity index (χ3v) is 4.98. The summed E-state index contributed by atoms with van der Waals surface area (Å²) in [5, 5.41) is 4.09. The minimum atomic E-state index is 0.0703. The largest absolute Gasteiger partial charge is 0.497 e. The van der Waals surface area contributed by atoms with Gasteiger partial charge in [-0.3, -0.25) is 0 Å². The maximum Gasteiger partial charge on any atom is 0.120 e. The molecule has 20 heavy (non-hydrogen) atoms. The van der Waals surface area contributed by atoms with E-state index in [4.69, 9.17) is 16.3 Å². The van der Waals surface area contributed by atoms with Crippen LogP contribution in [0.3, 0.4) is 0 Å². The summed E-state index contributed by atoms with van der Waals surface area (Å²) in [4.78, 5) is 0. The monoisotopic (exact) mass is 465 g/mol. The van der Waals surface area contributed by atoms with Gasteiger partial charge in [-0.15, -0.1) is 0 Å². The van der Waals surface area contributed by atoms with Crippen LogP contribution in [0.5, 0.6) is 5.75 Å². The molecular formula is C15H14BrClINO. The molecule has 106 valence electrons. The normalized spacial score (nSPS) is 12.2. The molecule has 0 radical (unpaired) electrons. The Bertz CT molecular complexity index is 621. The third kappa shape index (κ3) is 3.47.